The minimum Gasteiger partial charge on any atom is -0.308 e. The van der Waals surface area contributed by atoms with Crippen LogP contribution in [-0.4, -0.2) is 15.4 Å². The molecule has 28 heavy (non-hydrogen) atoms. The Morgan fingerprint density at radius 2 is 1.75 bits per heavy atom. The summed E-state index contributed by atoms with van der Waals surface area (Å²) in [6.45, 7) is 0. The van der Waals surface area contributed by atoms with Gasteiger partial charge < -0.3 is 5.32 Å². The minimum absolute atomic E-state index is 0.333. The van der Waals surface area contributed by atoms with Gasteiger partial charge in [-0.3, -0.25) is 9.72 Å². The molecule has 6 nitrogen and oxygen atoms in total. The van der Waals surface area contributed by atoms with Gasteiger partial charge in [-0.2, -0.15) is 5.26 Å². The molecule has 0 aliphatic rings. The highest BCUT2D eigenvalue weighted by molar-refractivity contribution is 6.02. The Bertz CT molecular complexity index is 1190. The van der Waals surface area contributed by atoms with Crippen molar-refractivity contribution in [3.8, 4) is 17.2 Å². The molecule has 0 fully saturated rings. The average Bonchev–Trinajstić information content (AvgIpc) is 3.19. The van der Waals surface area contributed by atoms with E-state index in [1.165, 1.54) is 12.1 Å². The first-order chi connectivity index (χ1) is 13.6. The van der Waals surface area contributed by atoms with Crippen LogP contribution in [0.1, 0.15) is 5.56 Å². The van der Waals surface area contributed by atoms with Crippen molar-refractivity contribution in [2.24, 2.45) is 0 Å². The number of aromatic nitrogens is 2. The number of hydrogen-bond donors (Lipinski definition) is 2. The van der Waals surface area contributed by atoms with Crippen molar-refractivity contribution >= 4 is 23.1 Å². The maximum Gasteiger partial charge on any atom is 0.324 e. The molecule has 2 aromatic heterocycles. The van der Waals surface area contributed by atoms with Crippen LogP contribution in [0.4, 0.5) is 20.7 Å². The van der Waals surface area contributed by atoms with Crippen molar-refractivity contribution in [2.75, 3.05) is 10.6 Å². The summed E-state index contributed by atoms with van der Waals surface area (Å²) in [5.74, 6) is 0.174. The predicted octanol–water partition coefficient (Wildman–Crippen LogP) is 4.66. The lowest BCUT2D eigenvalue weighted by atomic mass is 10.1. The molecule has 4 rings (SSSR count). The molecule has 4 aromatic rings. The van der Waals surface area contributed by atoms with E-state index in [9.17, 15) is 9.18 Å². The topological polar surface area (TPSA) is 82.2 Å². The van der Waals surface area contributed by atoms with Crippen LogP contribution < -0.4 is 10.6 Å². The summed E-state index contributed by atoms with van der Waals surface area (Å²) >= 11 is 0. The molecule has 0 unspecified atom stereocenters. The lowest BCUT2D eigenvalue weighted by molar-refractivity contribution is 0.262. The Morgan fingerprint density at radius 1 is 1.00 bits per heavy atom. The fourth-order valence-corrected chi connectivity index (χ4v) is 2.88. The fraction of sp³-hybridized carbons (Fsp3) is 0. The maximum absolute atomic E-state index is 13.3. The van der Waals surface area contributed by atoms with Gasteiger partial charge in [0.25, 0.3) is 0 Å². The van der Waals surface area contributed by atoms with E-state index in [0.717, 1.165) is 16.6 Å². The molecule has 2 heterocycles. The van der Waals surface area contributed by atoms with Crippen LogP contribution in [0.3, 0.4) is 0 Å². The Kier molecular flexibility index (Phi) is 4.44. The summed E-state index contributed by atoms with van der Waals surface area (Å²) in [7, 11) is 0. The van der Waals surface area contributed by atoms with Crippen LogP contribution in [0.2, 0.25) is 0 Å². The first kappa shape index (κ1) is 17.2. The Balaban J connectivity index is 1.67. The number of anilines is 2. The number of carbonyl (C=O) groups excluding carboxylic acids is 1. The number of benzene rings is 2. The van der Waals surface area contributed by atoms with E-state index >= 15 is 0 Å². The van der Waals surface area contributed by atoms with E-state index in [4.69, 9.17) is 5.26 Å². The predicted molar refractivity (Wildman–Crippen MR) is 104 cm³/mol. The lowest BCUT2D eigenvalue weighted by Gasteiger charge is -2.14. The first-order valence-electron chi connectivity index (χ1n) is 8.43. The number of hydrogen-bond acceptors (Lipinski definition) is 3. The number of carbonyl (C=O) groups is 1. The largest absolute Gasteiger partial charge is 0.324 e. The van der Waals surface area contributed by atoms with Crippen molar-refractivity contribution in [3.63, 3.8) is 0 Å². The number of urea groups is 1. The summed E-state index contributed by atoms with van der Waals surface area (Å²) in [5, 5.41) is 14.4. The zero-order chi connectivity index (χ0) is 19.5. The van der Waals surface area contributed by atoms with Gasteiger partial charge in [0.05, 0.1) is 23.3 Å². The number of nitriles is 1. The molecule has 0 aliphatic heterocycles. The second-order valence-electron chi connectivity index (χ2n) is 6.06. The standard InChI is InChI=1S/C21H14FN5O/c22-16-5-3-15(4-6-16)19-10-9-18-12-24-13-27(18)20(19)26-21(28)25-17-7-1-14(11-23)2-8-17/h1-10,12-13H,(H2,25,26,28). The molecule has 0 spiro atoms. The number of nitrogens with zero attached hydrogens (tertiary/aromatic N) is 3. The second kappa shape index (κ2) is 7.21. The Morgan fingerprint density at radius 3 is 2.46 bits per heavy atom. The normalized spacial score (nSPS) is 10.4. The summed E-state index contributed by atoms with van der Waals surface area (Å²) in [6, 6.07) is 17.9. The van der Waals surface area contributed by atoms with Gasteiger partial charge >= 0.3 is 6.03 Å². The molecule has 0 saturated heterocycles. The van der Waals surface area contributed by atoms with Crippen LogP contribution in [0.5, 0.6) is 0 Å². The monoisotopic (exact) mass is 371 g/mol. The van der Waals surface area contributed by atoms with E-state index < -0.39 is 6.03 Å². The molecular weight excluding hydrogens is 357 g/mol. The molecule has 0 saturated carbocycles. The van der Waals surface area contributed by atoms with Crippen LogP contribution in [0.15, 0.2) is 73.2 Å². The summed E-state index contributed by atoms with van der Waals surface area (Å²) in [4.78, 5) is 16.7. The third kappa shape index (κ3) is 3.39. The van der Waals surface area contributed by atoms with E-state index in [1.807, 2.05) is 18.2 Å². The van der Waals surface area contributed by atoms with Gasteiger partial charge in [-0.15, -0.1) is 0 Å². The van der Waals surface area contributed by atoms with Gasteiger partial charge in [0, 0.05) is 11.3 Å². The van der Waals surface area contributed by atoms with Crippen LogP contribution in [0, 0.1) is 17.1 Å². The van der Waals surface area contributed by atoms with E-state index in [0.29, 0.717) is 17.1 Å². The summed E-state index contributed by atoms with van der Waals surface area (Å²) < 4.78 is 15.0. The SMILES string of the molecule is N#Cc1ccc(NC(=O)Nc2c(-c3ccc(F)cc3)ccc3cncn23)cc1. The molecule has 2 aromatic carbocycles. The van der Waals surface area contributed by atoms with Gasteiger partial charge in [-0.1, -0.05) is 12.1 Å². The molecule has 7 heteroatoms. The molecule has 2 N–H and O–H groups in total. The van der Waals surface area contributed by atoms with E-state index in [-0.39, 0.29) is 5.82 Å². The highest BCUT2D eigenvalue weighted by atomic mass is 19.1. The number of fused-ring (bicyclic) bond motifs is 1. The molecule has 0 aliphatic carbocycles. The maximum atomic E-state index is 13.3. The number of nitrogens with one attached hydrogen (secondary N) is 2. The first-order valence-corrected chi connectivity index (χ1v) is 8.43. The van der Waals surface area contributed by atoms with E-state index in [2.05, 4.69) is 15.6 Å². The quantitative estimate of drug-likeness (QED) is 0.550. The van der Waals surface area contributed by atoms with Crippen molar-refractivity contribution in [1.82, 2.24) is 9.38 Å². The molecule has 0 radical (unpaired) electrons. The number of imidazole rings is 1. The van der Waals surface area contributed by atoms with Gasteiger partial charge in [0.2, 0.25) is 0 Å². The Labute approximate surface area is 159 Å². The summed E-state index contributed by atoms with van der Waals surface area (Å²) in [5.41, 5.74) is 3.34. The lowest BCUT2D eigenvalue weighted by Crippen LogP contribution is -2.21. The number of halogens is 1. The highest BCUT2D eigenvalue weighted by Crippen LogP contribution is 2.29. The average molecular weight is 371 g/mol. The number of rotatable bonds is 3. The van der Waals surface area contributed by atoms with Crippen molar-refractivity contribution in [3.05, 3.63) is 84.6 Å². The molecule has 0 atom stereocenters. The molecule has 0 bridgehead atoms. The van der Waals surface area contributed by atoms with Crippen LogP contribution in [0.25, 0.3) is 16.6 Å². The Hall–Kier alpha value is -4.18. The van der Waals surface area contributed by atoms with Crippen molar-refractivity contribution in [1.29, 1.82) is 5.26 Å². The summed E-state index contributed by atoms with van der Waals surface area (Å²) in [6.07, 6.45) is 3.28. The smallest absolute Gasteiger partial charge is 0.308 e. The highest BCUT2D eigenvalue weighted by Gasteiger charge is 2.13. The molecule has 136 valence electrons. The van der Waals surface area contributed by atoms with Crippen LogP contribution >= 0.6 is 0 Å². The van der Waals surface area contributed by atoms with Crippen molar-refractivity contribution in [2.45, 2.75) is 0 Å². The van der Waals surface area contributed by atoms with Gasteiger partial charge in [0.1, 0.15) is 18.0 Å². The van der Waals surface area contributed by atoms with Gasteiger partial charge in [-0.25, -0.2) is 14.2 Å². The number of amides is 2. The van der Waals surface area contributed by atoms with Crippen molar-refractivity contribution < 1.29 is 9.18 Å². The van der Waals surface area contributed by atoms with Gasteiger partial charge in [-0.05, 0) is 54.1 Å². The number of pyridine rings is 1. The van der Waals surface area contributed by atoms with Crippen LogP contribution in [-0.2, 0) is 0 Å². The molecular formula is C21H14FN5O. The zero-order valence-electron chi connectivity index (χ0n) is 14.6. The third-order valence-corrected chi connectivity index (χ3v) is 4.24. The fourth-order valence-electron chi connectivity index (χ4n) is 2.88. The third-order valence-electron chi connectivity index (χ3n) is 4.24. The minimum atomic E-state index is -0.450. The van der Waals surface area contributed by atoms with Gasteiger partial charge in [0.15, 0.2) is 0 Å². The molecule has 2 amide bonds. The zero-order valence-corrected chi connectivity index (χ0v) is 14.6. The second-order valence-corrected chi connectivity index (χ2v) is 6.06. The van der Waals surface area contributed by atoms with E-state index in [1.54, 1.807) is 53.3 Å².